The predicted molar refractivity (Wildman–Crippen MR) is 95.6 cm³/mol. The minimum atomic E-state index is -0.536. The maximum absolute atomic E-state index is 12.2. The lowest BCUT2D eigenvalue weighted by Gasteiger charge is -2.08. The van der Waals surface area contributed by atoms with E-state index in [4.69, 9.17) is 11.6 Å². The Kier molecular flexibility index (Phi) is 4.85. The molecule has 0 unspecified atom stereocenters. The molecule has 2 aromatic heterocycles. The van der Waals surface area contributed by atoms with E-state index in [0.29, 0.717) is 21.9 Å². The number of H-pyrrole nitrogens is 1. The number of anilines is 1. The van der Waals surface area contributed by atoms with Crippen LogP contribution in [0, 0.1) is 0 Å². The van der Waals surface area contributed by atoms with Gasteiger partial charge in [0.2, 0.25) is 0 Å². The molecule has 3 rings (SSSR count). The highest BCUT2D eigenvalue weighted by atomic mass is 35.5. The molecular formula is C17H15ClN4O3. The first kappa shape index (κ1) is 16.8. The quantitative estimate of drug-likeness (QED) is 0.624. The molecule has 0 bridgehead atoms. The third-order valence-corrected chi connectivity index (χ3v) is 3.93. The Bertz CT molecular complexity index is 924. The van der Waals surface area contributed by atoms with E-state index in [1.807, 2.05) is 18.2 Å². The first-order chi connectivity index (χ1) is 12.1. The average molecular weight is 359 g/mol. The Morgan fingerprint density at radius 2 is 2.00 bits per heavy atom. The second-order valence-electron chi connectivity index (χ2n) is 5.16. The average Bonchev–Trinajstić information content (AvgIpc) is 3.00. The van der Waals surface area contributed by atoms with Gasteiger partial charge in [-0.05, 0) is 18.2 Å². The molecular weight excluding hydrogens is 344 g/mol. The Balaban J connectivity index is 1.99. The number of nitrogens with one attached hydrogen (secondary N) is 3. The number of methoxy groups -OCH3 is 1. The molecule has 0 saturated carbocycles. The summed E-state index contributed by atoms with van der Waals surface area (Å²) < 4.78 is 4.50. The number of amides is 2. The zero-order valence-corrected chi connectivity index (χ0v) is 14.1. The van der Waals surface area contributed by atoms with E-state index in [2.05, 4.69) is 25.3 Å². The smallest absolute Gasteiger partial charge is 0.325 e. The number of fused-ring (bicyclic) bond motifs is 1. The molecule has 3 N–H and O–H groups in total. The van der Waals surface area contributed by atoms with E-state index in [1.54, 1.807) is 24.5 Å². The number of rotatable bonds is 4. The van der Waals surface area contributed by atoms with Crippen LogP contribution >= 0.6 is 11.6 Å². The van der Waals surface area contributed by atoms with Crippen molar-refractivity contribution in [2.75, 3.05) is 19.0 Å². The Labute approximate surface area is 148 Å². The van der Waals surface area contributed by atoms with Crippen LogP contribution in [0.15, 0.2) is 42.7 Å². The molecule has 0 aliphatic heterocycles. The zero-order chi connectivity index (χ0) is 17.8. The SMILES string of the molecule is COC(=O)CNC(=O)Nc1c(-c2ccncc2)[nH]c2c(Cl)cccc12. The number of halogens is 1. The lowest BCUT2D eigenvalue weighted by molar-refractivity contribution is -0.139. The van der Waals surface area contributed by atoms with E-state index in [1.165, 1.54) is 7.11 Å². The van der Waals surface area contributed by atoms with Crippen molar-refractivity contribution in [1.29, 1.82) is 0 Å². The van der Waals surface area contributed by atoms with E-state index >= 15 is 0 Å². The second kappa shape index (κ2) is 7.23. The van der Waals surface area contributed by atoms with E-state index in [9.17, 15) is 9.59 Å². The summed E-state index contributed by atoms with van der Waals surface area (Å²) in [5.41, 5.74) is 2.80. The number of urea groups is 1. The number of carbonyl (C=O) groups excluding carboxylic acids is 2. The van der Waals surface area contributed by atoms with Gasteiger partial charge in [-0.3, -0.25) is 9.78 Å². The second-order valence-corrected chi connectivity index (χ2v) is 5.56. The molecule has 0 saturated heterocycles. The van der Waals surface area contributed by atoms with Gasteiger partial charge < -0.3 is 20.4 Å². The van der Waals surface area contributed by atoms with E-state index < -0.39 is 12.0 Å². The molecule has 0 atom stereocenters. The highest BCUT2D eigenvalue weighted by Gasteiger charge is 2.17. The maximum atomic E-state index is 12.2. The van der Waals surface area contributed by atoms with Gasteiger partial charge in [0.25, 0.3) is 0 Å². The van der Waals surface area contributed by atoms with Crippen molar-refractivity contribution in [3.05, 3.63) is 47.7 Å². The number of hydrogen-bond donors (Lipinski definition) is 3. The minimum absolute atomic E-state index is 0.226. The van der Waals surface area contributed by atoms with E-state index in [0.717, 1.165) is 10.9 Å². The Morgan fingerprint density at radius 1 is 1.24 bits per heavy atom. The van der Waals surface area contributed by atoms with Crippen LogP contribution in [-0.4, -0.2) is 35.6 Å². The van der Waals surface area contributed by atoms with Crippen molar-refractivity contribution in [2.45, 2.75) is 0 Å². The van der Waals surface area contributed by atoms with Crippen LogP contribution in [-0.2, 0) is 9.53 Å². The lowest BCUT2D eigenvalue weighted by atomic mass is 10.1. The maximum Gasteiger partial charge on any atom is 0.325 e. The van der Waals surface area contributed by atoms with Crippen molar-refractivity contribution >= 4 is 40.2 Å². The standard InChI is InChI=1S/C17H15ClN4O3/c1-25-13(23)9-20-17(24)22-16-11-3-2-4-12(18)15(11)21-14(16)10-5-7-19-8-6-10/h2-8,21H,9H2,1H3,(H2,20,22,24). The molecule has 0 aliphatic carbocycles. The predicted octanol–water partition coefficient (Wildman–Crippen LogP) is 3.18. The summed E-state index contributed by atoms with van der Waals surface area (Å²) in [5, 5.41) is 6.51. The number of nitrogens with zero attached hydrogens (tertiary/aromatic N) is 1. The Morgan fingerprint density at radius 3 is 2.72 bits per heavy atom. The topological polar surface area (TPSA) is 96.1 Å². The summed E-state index contributed by atoms with van der Waals surface area (Å²) in [5.74, 6) is -0.536. The van der Waals surface area contributed by atoms with Crippen molar-refractivity contribution in [1.82, 2.24) is 15.3 Å². The molecule has 0 radical (unpaired) electrons. The van der Waals surface area contributed by atoms with Crippen LogP contribution in [0.1, 0.15) is 0 Å². The van der Waals surface area contributed by atoms with Crippen LogP contribution < -0.4 is 10.6 Å². The molecule has 2 amide bonds. The largest absolute Gasteiger partial charge is 0.468 e. The summed E-state index contributed by atoms with van der Waals surface area (Å²) >= 11 is 6.25. The van der Waals surface area contributed by atoms with Gasteiger partial charge >= 0.3 is 12.0 Å². The molecule has 0 aliphatic rings. The fraction of sp³-hybridized carbons (Fsp3) is 0.118. The van der Waals surface area contributed by atoms with E-state index in [-0.39, 0.29) is 6.54 Å². The lowest BCUT2D eigenvalue weighted by Crippen LogP contribution is -2.33. The first-order valence-electron chi connectivity index (χ1n) is 7.42. The number of hydrogen-bond acceptors (Lipinski definition) is 4. The minimum Gasteiger partial charge on any atom is -0.468 e. The fourth-order valence-electron chi connectivity index (χ4n) is 2.43. The molecule has 8 heteroatoms. The molecule has 0 spiro atoms. The third kappa shape index (κ3) is 3.56. The number of ether oxygens (including phenoxy) is 1. The van der Waals surface area contributed by atoms with Crippen LogP contribution in [0.5, 0.6) is 0 Å². The van der Waals surface area contributed by atoms with Crippen molar-refractivity contribution in [3.63, 3.8) is 0 Å². The van der Waals surface area contributed by atoms with Crippen molar-refractivity contribution < 1.29 is 14.3 Å². The molecule has 0 fully saturated rings. The van der Waals surface area contributed by atoms with Gasteiger partial charge in [0.05, 0.1) is 29.0 Å². The summed E-state index contributed by atoms with van der Waals surface area (Å²) in [6, 6.07) is 8.51. The summed E-state index contributed by atoms with van der Waals surface area (Å²) in [6.07, 6.45) is 3.31. The van der Waals surface area contributed by atoms with Gasteiger partial charge in [-0.25, -0.2) is 4.79 Å². The van der Waals surface area contributed by atoms with Crippen molar-refractivity contribution in [2.24, 2.45) is 0 Å². The molecule has 7 nitrogen and oxygen atoms in total. The van der Waals surface area contributed by atoms with Gasteiger partial charge in [0.1, 0.15) is 6.54 Å². The first-order valence-corrected chi connectivity index (χ1v) is 7.80. The summed E-state index contributed by atoms with van der Waals surface area (Å²) in [7, 11) is 1.26. The number of aromatic amines is 1. The van der Waals surface area contributed by atoms with Gasteiger partial charge in [0.15, 0.2) is 0 Å². The van der Waals surface area contributed by atoms with Gasteiger partial charge in [-0.15, -0.1) is 0 Å². The number of aromatic nitrogens is 2. The number of esters is 1. The normalized spacial score (nSPS) is 10.5. The number of benzene rings is 1. The highest BCUT2D eigenvalue weighted by molar-refractivity contribution is 6.36. The number of pyridine rings is 1. The van der Waals surface area contributed by atoms with Crippen LogP contribution in [0.2, 0.25) is 5.02 Å². The molecule has 2 heterocycles. The molecule has 25 heavy (non-hydrogen) atoms. The van der Waals surface area contributed by atoms with Crippen LogP contribution in [0.25, 0.3) is 22.2 Å². The monoisotopic (exact) mass is 358 g/mol. The summed E-state index contributed by atoms with van der Waals surface area (Å²) in [4.78, 5) is 30.6. The van der Waals surface area contributed by atoms with Crippen molar-refractivity contribution in [3.8, 4) is 11.3 Å². The van der Waals surface area contributed by atoms with Crippen LogP contribution in [0.4, 0.5) is 10.5 Å². The van der Waals surface area contributed by atoms with Gasteiger partial charge in [-0.2, -0.15) is 0 Å². The summed E-state index contributed by atoms with van der Waals surface area (Å²) in [6.45, 7) is -0.226. The molecule has 1 aromatic carbocycles. The van der Waals surface area contributed by atoms with Crippen LogP contribution in [0.3, 0.4) is 0 Å². The molecule has 128 valence electrons. The molecule has 3 aromatic rings. The highest BCUT2D eigenvalue weighted by Crippen LogP contribution is 2.37. The fourth-order valence-corrected chi connectivity index (χ4v) is 2.65. The zero-order valence-electron chi connectivity index (χ0n) is 13.3. The Hall–Kier alpha value is -3.06. The number of para-hydroxylation sites is 1. The number of carbonyl (C=O) groups is 2. The van der Waals surface area contributed by atoms with Gasteiger partial charge in [-0.1, -0.05) is 23.7 Å². The van der Waals surface area contributed by atoms with Gasteiger partial charge in [0, 0.05) is 23.3 Å². The third-order valence-electron chi connectivity index (χ3n) is 3.61.